The molecule has 4 atom stereocenters. The number of aromatic amines is 1. The van der Waals surface area contributed by atoms with E-state index in [0.29, 0.717) is 19.8 Å². The second-order valence-electron chi connectivity index (χ2n) is 8.26. The van der Waals surface area contributed by atoms with E-state index >= 15 is 0 Å². The summed E-state index contributed by atoms with van der Waals surface area (Å²) < 4.78 is 11.6. The topological polar surface area (TPSA) is 131 Å². The molecule has 1 aromatic carbocycles. The third-order valence-corrected chi connectivity index (χ3v) is 5.78. The molecule has 9 nitrogen and oxygen atoms in total. The molecule has 32 heavy (non-hydrogen) atoms. The Morgan fingerprint density at radius 2 is 1.97 bits per heavy atom. The van der Waals surface area contributed by atoms with E-state index in [-0.39, 0.29) is 6.54 Å². The van der Waals surface area contributed by atoms with Gasteiger partial charge in [0, 0.05) is 30.6 Å². The number of β-amino-alcohol motifs (C(OH)–C–C–N with tert-alkyl or cyclic N) is 1. The quantitative estimate of drug-likeness (QED) is 0.470. The minimum atomic E-state index is -1.38. The van der Waals surface area contributed by atoms with Crippen molar-refractivity contribution in [3.63, 3.8) is 0 Å². The lowest BCUT2D eigenvalue weighted by Crippen LogP contribution is -2.51. The van der Waals surface area contributed by atoms with Crippen LogP contribution in [0.15, 0.2) is 30.6 Å². The molecule has 2 heterocycles. The second-order valence-corrected chi connectivity index (χ2v) is 8.26. The normalized spacial score (nSPS) is 24.7. The first kappa shape index (κ1) is 24.5. The Balaban J connectivity index is 1.87. The summed E-state index contributed by atoms with van der Waals surface area (Å²) >= 11 is 0. The minimum absolute atomic E-state index is 0.0644. The van der Waals surface area contributed by atoms with Gasteiger partial charge in [0.25, 0.3) is 0 Å². The van der Waals surface area contributed by atoms with Crippen molar-refractivity contribution in [3.05, 3.63) is 42.0 Å². The lowest BCUT2D eigenvalue weighted by atomic mass is 10.0. The first-order chi connectivity index (χ1) is 15.5. The molecule has 2 bridgehead atoms. The van der Waals surface area contributed by atoms with Gasteiger partial charge in [-0.15, -0.1) is 0 Å². The summed E-state index contributed by atoms with van der Waals surface area (Å²) in [7, 11) is 0. The molecule has 0 fully saturated rings. The van der Waals surface area contributed by atoms with Gasteiger partial charge < -0.3 is 39.8 Å². The summed E-state index contributed by atoms with van der Waals surface area (Å²) in [6.45, 7) is 2.75. The van der Waals surface area contributed by atoms with Gasteiger partial charge in [0.1, 0.15) is 24.1 Å². The highest BCUT2D eigenvalue weighted by Gasteiger charge is 2.34. The average Bonchev–Trinajstić information content (AvgIpc) is 3.20. The van der Waals surface area contributed by atoms with E-state index in [2.05, 4.69) is 9.97 Å². The highest BCUT2D eigenvalue weighted by molar-refractivity contribution is 5.51. The molecule has 1 aromatic heterocycles. The summed E-state index contributed by atoms with van der Waals surface area (Å²) in [4.78, 5) is 9.32. The van der Waals surface area contributed by atoms with Gasteiger partial charge >= 0.3 is 0 Å². The third kappa shape index (κ3) is 6.66. The van der Waals surface area contributed by atoms with Gasteiger partial charge in [-0.1, -0.05) is 12.5 Å². The van der Waals surface area contributed by atoms with E-state index in [9.17, 15) is 20.4 Å². The lowest BCUT2D eigenvalue weighted by Gasteiger charge is -2.33. The number of aromatic nitrogens is 2. The maximum absolute atomic E-state index is 10.9. The van der Waals surface area contributed by atoms with Gasteiger partial charge in [0.05, 0.1) is 37.9 Å². The third-order valence-electron chi connectivity index (χ3n) is 5.78. The number of aryl methyl sites for hydroxylation is 1. The molecule has 178 valence electrons. The van der Waals surface area contributed by atoms with Gasteiger partial charge in [0.2, 0.25) is 0 Å². The van der Waals surface area contributed by atoms with Crippen LogP contribution in [0.3, 0.4) is 0 Å². The molecule has 0 aliphatic carbocycles. The summed E-state index contributed by atoms with van der Waals surface area (Å²) in [6.07, 6.45) is 0.150. The molecule has 0 radical (unpaired) electrons. The van der Waals surface area contributed by atoms with E-state index in [4.69, 9.17) is 9.47 Å². The molecule has 5 N–H and O–H groups in total. The van der Waals surface area contributed by atoms with Gasteiger partial charge in [-0.05, 0) is 38.3 Å². The van der Waals surface area contributed by atoms with Crippen molar-refractivity contribution in [1.29, 1.82) is 0 Å². The summed E-state index contributed by atoms with van der Waals surface area (Å²) in [6, 6.07) is 7.61. The van der Waals surface area contributed by atoms with Gasteiger partial charge in [0.15, 0.2) is 0 Å². The zero-order valence-corrected chi connectivity index (χ0v) is 18.6. The zero-order valence-electron chi connectivity index (χ0n) is 18.6. The van der Waals surface area contributed by atoms with Crippen LogP contribution in [0.1, 0.15) is 37.1 Å². The number of imidazole rings is 1. The number of hydrogen-bond acceptors (Lipinski definition) is 8. The number of anilines is 1. The van der Waals surface area contributed by atoms with Crippen LogP contribution in [0.2, 0.25) is 0 Å². The van der Waals surface area contributed by atoms with Crippen molar-refractivity contribution < 1.29 is 29.9 Å². The predicted octanol–water partition coefficient (Wildman–Crippen LogP) is 1.14. The van der Waals surface area contributed by atoms with Crippen molar-refractivity contribution >= 4 is 5.69 Å². The summed E-state index contributed by atoms with van der Waals surface area (Å²) in [5, 5.41) is 41.3. The fourth-order valence-corrected chi connectivity index (χ4v) is 3.82. The van der Waals surface area contributed by atoms with Crippen LogP contribution in [-0.2, 0) is 11.3 Å². The number of rotatable bonds is 4. The van der Waals surface area contributed by atoms with Crippen LogP contribution >= 0.6 is 0 Å². The Morgan fingerprint density at radius 1 is 1.19 bits per heavy atom. The van der Waals surface area contributed by atoms with E-state index in [1.807, 2.05) is 36.1 Å². The molecule has 0 unspecified atom stereocenters. The highest BCUT2D eigenvalue weighted by Crippen LogP contribution is 2.25. The fourth-order valence-electron chi connectivity index (χ4n) is 3.82. The Hall–Kier alpha value is -2.17. The molecule has 0 saturated heterocycles. The van der Waals surface area contributed by atoms with Gasteiger partial charge in [-0.3, -0.25) is 0 Å². The van der Waals surface area contributed by atoms with Crippen LogP contribution in [0.4, 0.5) is 5.69 Å². The Kier molecular flexibility index (Phi) is 9.31. The lowest BCUT2D eigenvalue weighted by molar-refractivity contribution is -0.141. The maximum Gasteiger partial charge on any atom is 0.121 e. The van der Waals surface area contributed by atoms with Crippen molar-refractivity contribution in [3.8, 4) is 5.75 Å². The molecular formula is C23H35N3O6. The molecule has 2 aromatic rings. The van der Waals surface area contributed by atoms with Gasteiger partial charge in [-0.25, -0.2) is 4.98 Å². The molecular weight excluding hydrogens is 414 g/mol. The van der Waals surface area contributed by atoms with Crippen molar-refractivity contribution in [2.45, 2.75) is 63.6 Å². The smallest absolute Gasteiger partial charge is 0.121 e. The standard InChI is InChI=1S/C23H35N3O6/c1-16-19(25-15-24-16)12-26-13-20(28)22(30)23(21(29)14-27)32-10-5-3-2-4-9-31-18-8-6-7-17(26)11-18/h6-8,11,15,20-23,27-30H,2-5,9-10,12-14H2,1H3,(H,24,25)/t20-,21-,22-,23-/m1/s1. The minimum Gasteiger partial charge on any atom is -0.494 e. The molecule has 1 aliphatic heterocycles. The number of ether oxygens (including phenoxy) is 2. The van der Waals surface area contributed by atoms with Crippen molar-refractivity contribution in [2.75, 3.05) is 31.3 Å². The van der Waals surface area contributed by atoms with E-state index in [1.54, 1.807) is 6.33 Å². The fraction of sp³-hybridized carbons (Fsp3) is 0.609. The number of fused-ring (bicyclic) bond motifs is 2. The Morgan fingerprint density at radius 3 is 2.69 bits per heavy atom. The molecule has 0 spiro atoms. The van der Waals surface area contributed by atoms with Crippen LogP contribution in [0.5, 0.6) is 5.75 Å². The number of nitrogens with zero attached hydrogens (tertiary/aromatic N) is 2. The predicted molar refractivity (Wildman–Crippen MR) is 120 cm³/mol. The first-order valence-electron chi connectivity index (χ1n) is 11.2. The molecule has 1 aliphatic rings. The molecule has 0 saturated carbocycles. The van der Waals surface area contributed by atoms with E-state index < -0.39 is 31.0 Å². The van der Waals surface area contributed by atoms with Crippen LogP contribution in [0, 0.1) is 6.92 Å². The molecule has 9 heteroatoms. The number of nitrogens with one attached hydrogen (secondary N) is 1. The monoisotopic (exact) mass is 449 g/mol. The molecule has 0 amide bonds. The van der Waals surface area contributed by atoms with Crippen molar-refractivity contribution in [1.82, 2.24) is 9.97 Å². The van der Waals surface area contributed by atoms with Gasteiger partial charge in [-0.2, -0.15) is 0 Å². The number of H-pyrrole nitrogens is 1. The van der Waals surface area contributed by atoms with Crippen LogP contribution < -0.4 is 9.64 Å². The zero-order chi connectivity index (χ0) is 22.9. The average molecular weight is 450 g/mol. The largest absolute Gasteiger partial charge is 0.494 e. The second kappa shape index (κ2) is 12.2. The Labute approximate surface area is 188 Å². The van der Waals surface area contributed by atoms with Crippen LogP contribution in [-0.4, -0.2) is 81.2 Å². The maximum atomic E-state index is 10.9. The van der Waals surface area contributed by atoms with Crippen LogP contribution in [0.25, 0.3) is 0 Å². The van der Waals surface area contributed by atoms with Crippen molar-refractivity contribution in [2.24, 2.45) is 0 Å². The number of benzene rings is 1. The number of hydrogen-bond donors (Lipinski definition) is 5. The SMILES string of the molecule is Cc1[nH]cnc1CN1C[C@@H](O)[C@@H](O)[C@@H]([C@H](O)CO)OCCCCCCOc2cccc1c2. The highest BCUT2D eigenvalue weighted by atomic mass is 16.5. The number of aliphatic hydroxyl groups is 4. The first-order valence-corrected chi connectivity index (χ1v) is 11.2. The van der Waals surface area contributed by atoms with E-state index in [1.165, 1.54) is 0 Å². The summed E-state index contributed by atoms with van der Waals surface area (Å²) in [5.41, 5.74) is 2.54. The van der Waals surface area contributed by atoms with E-state index in [0.717, 1.165) is 48.5 Å². The number of aliphatic hydroxyl groups excluding tert-OH is 4. The summed E-state index contributed by atoms with van der Waals surface area (Å²) in [5.74, 6) is 0.741. The molecule has 3 rings (SSSR count). The Bertz CT molecular complexity index is 817.